The third-order valence-electron chi connectivity index (χ3n) is 1.36. The second-order valence-corrected chi connectivity index (χ2v) is 2.57. The van der Waals surface area contributed by atoms with Gasteiger partial charge in [-0.15, -0.1) is 0 Å². The topological polar surface area (TPSA) is 41.8 Å². The molecule has 0 aliphatic carbocycles. The molecule has 1 rings (SSSR count). The van der Waals surface area contributed by atoms with E-state index in [1.807, 2.05) is 6.92 Å². The Labute approximate surface area is 54.4 Å². The number of ether oxygens (including phenoxy) is 1. The van der Waals surface area contributed by atoms with Crippen molar-refractivity contribution < 1.29 is 9.84 Å². The fourth-order valence-corrected chi connectivity index (χ4v) is 0.786. The Hall–Kier alpha value is -0.570. The van der Waals surface area contributed by atoms with Gasteiger partial charge in [-0.25, -0.2) is 4.99 Å². The number of hydrogen-bond donors (Lipinski definition) is 1. The van der Waals surface area contributed by atoms with Gasteiger partial charge in [-0.2, -0.15) is 0 Å². The fraction of sp³-hybridized carbons (Fsp3) is 0.833. The maximum atomic E-state index is 8.76. The molecule has 1 heterocycles. The van der Waals surface area contributed by atoms with Crippen molar-refractivity contribution in [1.29, 1.82) is 0 Å². The fourth-order valence-electron chi connectivity index (χ4n) is 0.786. The summed E-state index contributed by atoms with van der Waals surface area (Å²) in [5.41, 5.74) is -0.371. The molecule has 3 heteroatoms. The second-order valence-electron chi connectivity index (χ2n) is 2.57. The van der Waals surface area contributed by atoms with E-state index in [9.17, 15) is 0 Å². The first-order chi connectivity index (χ1) is 4.16. The SMILES string of the molecule is CC1=NC(C)(CO)CO1. The van der Waals surface area contributed by atoms with E-state index >= 15 is 0 Å². The summed E-state index contributed by atoms with van der Waals surface area (Å²) in [4.78, 5) is 4.08. The van der Waals surface area contributed by atoms with Crippen molar-refractivity contribution in [2.75, 3.05) is 13.2 Å². The molecule has 1 aliphatic rings. The van der Waals surface area contributed by atoms with E-state index in [2.05, 4.69) is 4.99 Å². The van der Waals surface area contributed by atoms with E-state index in [0.717, 1.165) is 0 Å². The van der Waals surface area contributed by atoms with E-state index in [0.29, 0.717) is 12.5 Å². The summed E-state index contributed by atoms with van der Waals surface area (Å²) < 4.78 is 5.05. The largest absolute Gasteiger partial charge is 0.479 e. The molecule has 0 aromatic heterocycles. The highest BCUT2D eigenvalue weighted by molar-refractivity contribution is 5.75. The van der Waals surface area contributed by atoms with Gasteiger partial charge in [-0.1, -0.05) is 0 Å². The first kappa shape index (κ1) is 6.55. The standard InChI is InChI=1S/C6H11NO2/c1-5-7-6(2,3-8)4-9-5/h8H,3-4H2,1-2H3. The monoisotopic (exact) mass is 129 g/mol. The molecule has 1 unspecified atom stereocenters. The molecule has 1 aliphatic heterocycles. The maximum absolute atomic E-state index is 8.76. The van der Waals surface area contributed by atoms with E-state index in [4.69, 9.17) is 9.84 Å². The first-order valence-electron chi connectivity index (χ1n) is 2.96. The number of rotatable bonds is 1. The Morgan fingerprint density at radius 1 is 1.89 bits per heavy atom. The lowest BCUT2D eigenvalue weighted by Crippen LogP contribution is -2.28. The Balaban J connectivity index is 2.64. The normalized spacial score (nSPS) is 33.9. The predicted molar refractivity (Wildman–Crippen MR) is 34.6 cm³/mol. The summed E-state index contributed by atoms with van der Waals surface area (Å²) in [6.45, 7) is 4.23. The van der Waals surface area contributed by atoms with Crippen LogP contribution in [0.4, 0.5) is 0 Å². The summed E-state index contributed by atoms with van der Waals surface area (Å²) in [5.74, 6) is 0.673. The van der Waals surface area contributed by atoms with Crippen LogP contribution in [0.15, 0.2) is 4.99 Å². The minimum atomic E-state index is -0.371. The Morgan fingerprint density at radius 2 is 2.56 bits per heavy atom. The third kappa shape index (κ3) is 1.21. The number of aliphatic imine (C=N–C) groups is 1. The lowest BCUT2D eigenvalue weighted by molar-refractivity contribution is 0.169. The molecule has 0 amide bonds. The minimum Gasteiger partial charge on any atom is -0.479 e. The van der Waals surface area contributed by atoms with Crippen LogP contribution in [-0.2, 0) is 4.74 Å². The molecule has 0 saturated heterocycles. The van der Waals surface area contributed by atoms with Gasteiger partial charge in [0.1, 0.15) is 12.1 Å². The zero-order valence-corrected chi connectivity index (χ0v) is 5.72. The molecule has 0 aromatic rings. The Morgan fingerprint density at radius 3 is 2.78 bits per heavy atom. The highest BCUT2D eigenvalue weighted by Crippen LogP contribution is 2.16. The van der Waals surface area contributed by atoms with Gasteiger partial charge < -0.3 is 9.84 Å². The molecule has 3 nitrogen and oxygen atoms in total. The first-order valence-corrected chi connectivity index (χ1v) is 2.96. The highest BCUT2D eigenvalue weighted by atomic mass is 16.5. The zero-order chi connectivity index (χ0) is 6.91. The molecular formula is C6H11NO2. The minimum absolute atomic E-state index is 0.0599. The quantitative estimate of drug-likeness (QED) is 0.549. The van der Waals surface area contributed by atoms with Gasteiger partial charge in [0.2, 0.25) is 0 Å². The molecule has 0 fully saturated rings. The average molecular weight is 129 g/mol. The van der Waals surface area contributed by atoms with Gasteiger partial charge in [0, 0.05) is 6.92 Å². The number of hydrogen-bond acceptors (Lipinski definition) is 3. The van der Waals surface area contributed by atoms with Crippen molar-refractivity contribution >= 4 is 5.90 Å². The van der Waals surface area contributed by atoms with E-state index in [1.165, 1.54) is 0 Å². The lowest BCUT2D eigenvalue weighted by atomic mass is 10.1. The predicted octanol–water partition coefficient (Wildman–Crippen LogP) is 0.186. The summed E-state index contributed by atoms with van der Waals surface area (Å²) in [5, 5.41) is 8.76. The van der Waals surface area contributed by atoms with Gasteiger partial charge in [0.15, 0.2) is 5.90 Å². The molecule has 0 spiro atoms. The van der Waals surface area contributed by atoms with Crippen LogP contribution in [0.1, 0.15) is 13.8 Å². The summed E-state index contributed by atoms with van der Waals surface area (Å²) in [6.07, 6.45) is 0. The van der Waals surface area contributed by atoms with Crippen molar-refractivity contribution in [3.05, 3.63) is 0 Å². The number of nitrogens with zero attached hydrogens (tertiary/aromatic N) is 1. The Kier molecular flexibility index (Phi) is 1.45. The van der Waals surface area contributed by atoms with Crippen LogP contribution in [0.3, 0.4) is 0 Å². The zero-order valence-electron chi connectivity index (χ0n) is 5.72. The lowest BCUT2D eigenvalue weighted by Gasteiger charge is -2.12. The summed E-state index contributed by atoms with van der Waals surface area (Å²) >= 11 is 0. The van der Waals surface area contributed by atoms with Crippen molar-refractivity contribution in [1.82, 2.24) is 0 Å². The second kappa shape index (κ2) is 1.99. The van der Waals surface area contributed by atoms with Crippen molar-refractivity contribution in [3.8, 4) is 0 Å². The van der Waals surface area contributed by atoms with Crippen LogP contribution >= 0.6 is 0 Å². The molecule has 1 N–H and O–H groups in total. The van der Waals surface area contributed by atoms with Crippen molar-refractivity contribution in [2.45, 2.75) is 19.4 Å². The molecule has 0 saturated carbocycles. The summed E-state index contributed by atoms with van der Waals surface area (Å²) in [6, 6.07) is 0. The maximum Gasteiger partial charge on any atom is 0.180 e. The van der Waals surface area contributed by atoms with Gasteiger partial charge >= 0.3 is 0 Å². The molecular weight excluding hydrogens is 118 g/mol. The smallest absolute Gasteiger partial charge is 0.180 e. The van der Waals surface area contributed by atoms with Crippen LogP contribution in [0.2, 0.25) is 0 Å². The molecule has 9 heavy (non-hydrogen) atoms. The van der Waals surface area contributed by atoms with Crippen molar-refractivity contribution in [3.63, 3.8) is 0 Å². The van der Waals surface area contributed by atoms with E-state index in [1.54, 1.807) is 6.92 Å². The molecule has 1 atom stereocenters. The molecule has 0 aromatic carbocycles. The Bertz CT molecular complexity index is 144. The van der Waals surface area contributed by atoms with Crippen LogP contribution in [0.25, 0.3) is 0 Å². The van der Waals surface area contributed by atoms with Gasteiger partial charge in [-0.3, -0.25) is 0 Å². The van der Waals surface area contributed by atoms with Crippen LogP contribution in [0, 0.1) is 0 Å². The molecule has 0 radical (unpaired) electrons. The van der Waals surface area contributed by atoms with Crippen LogP contribution < -0.4 is 0 Å². The van der Waals surface area contributed by atoms with Crippen molar-refractivity contribution in [2.24, 2.45) is 4.99 Å². The molecule has 52 valence electrons. The third-order valence-corrected chi connectivity index (χ3v) is 1.36. The molecule has 0 bridgehead atoms. The van der Waals surface area contributed by atoms with E-state index < -0.39 is 0 Å². The number of aliphatic hydroxyl groups is 1. The van der Waals surface area contributed by atoms with Crippen LogP contribution in [-0.4, -0.2) is 29.8 Å². The average Bonchev–Trinajstić information content (AvgIpc) is 2.13. The number of aliphatic hydroxyl groups excluding tert-OH is 1. The van der Waals surface area contributed by atoms with Gasteiger partial charge in [0.05, 0.1) is 6.61 Å². The highest BCUT2D eigenvalue weighted by Gasteiger charge is 2.28. The van der Waals surface area contributed by atoms with E-state index in [-0.39, 0.29) is 12.1 Å². The van der Waals surface area contributed by atoms with Gasteiger partial charge in [0.25, 0.3) is 0 Å². The van der Waals surface area contributed by atoms with Crippen LogP contribution in [0.5, 0.6) is 0 Å². The summed E-state index contributed by atoms with van der Waals surface area (Å²) in [7, 11) is 0. The van der Waals surface area contributed by atoms with Gasteiger partial charge in [-0.05, 0) is 6.92 Å².